The van der Waals surface area contributed by atoms with Gasteiger partial charge in [-0.05, 0) is 62.6 Å². The highest BCUT2D eigenvalue weighted by Crippen LogP contribution is 2.31. The van der Waals surface area contributed by atoms with E-state index in [1.54, 1.807) is 37.3 Å². The first-order valence-electron chi connectivity index (χ1n) is 11.1. The fourth-order valence-corrected chi connectivity index (χ4v) is 3.69. The molecule has 8 heteroatoms. The van der Waals surface area contributed by atoms with Crippen molar-refractivity contribution in [3.8, 4) is 17.2 Å². The molecule has 0 atom stereocenters. The molecule has 0 aromatic heterocycles. The van der Waals surface area contributed by atoms with Gasteiger partial charge in [-0.1, -0.05) is 24.3 Å². The molecule has 0 aliphatic carbocycles. The molecule has 8 nitrogen and oxygen atoms in total. The Bertz CT molecular complexity index is 1210. The fourth-order valence-electron chi connectivity index (χ4n) is 3.69. The number of hydrogen-bond acceptors (Lipinski definition) is 6. The van der Waals surface area contributed by atoms with Crippen molar-refractivity contribution in [2.24, 2.45) is 4.99 Å². The van der Waals surface area contributed by atoms with E-state index in [1.807, 2.05) is 39.0 Å². The minimum Gasteiger partial charge on any atom is -0.490 e. The van der Waals surface area contributed by atoms with Gasteiger partial charge < -0.3 is 19.0 Å². The first-order chi connectivity index (χ1) is 16.4. The normalized spacial score (nSPS) is 16.1. The summed E-state index contributed by atoms with van der Waals surface area (Å²) in [4.78, 5) is 22.0. The van der Waals surface area contributed by atoms with Crippen LogP contribution in [0.2, 0.25) is 0 Å². The summed E-state index contributed by atoms with van der Waals surface area (Å²) in [6, 6.07) is 11.4. The van der Waals surface area contributed by atoms with Gasteiger partial charge in [0.1, 0.15) is 24.7 Å². The second kappa shape index (κ2) is 9.82. The van der Waals surface area contributed by atoms with E-state index in [1.165, 1.54) is 5.06 Å². The van der Waals surface area contributed by atoms with Gasteiger partial charge in [0, 0.05) is 6.08 Å². The third kappa shape index (κ3) is 4.80. The van der Waals surface area contributed by atoms with E-state index in [0.717, 1.165) is 16.9 Å². The van der Waals surface area contributed by atoms with E-state index < -0.39 is 5.91 Å². The Balaban J connectivity index is 1.46. The zero-order valence-corrected chi connectivity index (χ0v) is 19.7. The van der Waals surface area contributed by atoms with Crippen molar-refractivity contribution in [2.45, 2.75) is 27.7 Å². The molecule has 2 aliphatic heterocycles. The molecular weight excluding hydrogens is 434 g/mol. The van der Waals surface area contributed by atoms with Crippen molar-refractivity contribution in [3.63, 3.8) is 0 Å². The number of hydroxylamine groups is 2. The maximum absolute atomic E-state index is 12.5. The van der Waals surface area contributed by atoms with Gasteiger partial charge in [-0.25, -0.2) is 0 Å². The Labute approximate surface area is 198 Å². The van der Waals surface area contributed by atoms with Gasteiger partial charge in [-0.15, -0.1) is 5.06 Å². The maximum atomic E-state index is 12.5. The number of benzene rings is 2. The standard InChI is InChI=1S/C26H27N3O5/c1-5-31-22-15-19(14-20-25(27)29-23(28-26(20)30)13-18(4)34-29)9-10-21(22)32-11-12-33-24-16(2)7-6-8-17(24)3/h6-10,13-15,27H,5,11-12H2,1-4H3/b20-14-,27-25?. The van der Waals surface area contributed by atoms with Crippen LogP contribution in [0.3, 0.4) is 0 Å². The number of allylic oxidation sites excluding steroid dienone is 1. The Morgan fingerprint density at radius 3 is 2.50 bits per heavy atom. The molecule has 0 spiro atoms. The summed E-state index contributed by atoms with van der Waals surface area (Å²) in [5.41, 5.74) is 2.97. The predicted octanol–water partition coefficient (Wildman–Crippen LogP) is 4.61. The van der Waals surface area contributed by atoms with E-state index in [0.29, 0.717) is 48.5 Å². The molecule has 0 saturated carbocycles. The van der Waals surface area contributed by atoms with Crippen molar-refractivity contribution < 1.29 is 23.8 Å². The summed E-state index contributed by atoms with van der Waals surface area (Å²) >= 11 is 0. The van der Waals surface area contributed by atoms with Crippen LogP contribution in [0.25, 0.3) is 6.08 Å². The summed E-state index contributed by atoms with van der Waals surface area (Å²) in [6.45, 7) is 8.83. The molecule has 1 N–H and O–H groups in total. The number of carbonyl (C=O) groups excluding carboxylic acids is 1. The van der Waals surface area contributed by atoms with Crippen LogP contribution in [-0.4, -0.2) is 42.5 Å². The second-order valence-corrected chi connectivity index (χ2v) is 7.88. The van der Waals surface area contributed by atoms with Crippen LogP contribution in [0.1, 0.15) is 30.5 Å². The molecule has 2 aromatic carbocycles. The number of carbonyl (C=O) groups is 1. The van der Waals surface area contributed by atoms with Crippen molar-refractivity contribution >= 4 is 23.7 Å². The van der Waals surface area contributed by atoms with Gasteiger partial charge in [0.05, 0.1) is 12.2 Å². The summed E-state index contributed by atoms with van der Waals surface area (Å²) in [6.07, 6.45) is 3.21. The molecule has 0 bridgehead atoms. The van der Waals surface area contributed by atoms with Gasteiger partial charge in [-0.3, -0.25) is 10.2 Å². The van der Waals surface area contributed by atoms with Gasteiger partial charge in [0.15, 0.2) is 23.2 Å². The average Bonchev–Trinajstić information content (AvgIpc) is 3.17. The quantitative estimate of drug-likeness (QED) is 0.456. The number of nitrogens with zero attached hydrogens (tertiary/aromatic N) is 2. The van der Waals surface area contributed by atoms with Gasteiger partial charge >= 0.3 is 0 Å². The van der Waals surface area contributed by atoms with E-state index >= 15 is 0 Å². The molecule has 2 aliphatic rings. The minimum atomic E-state index is -0.493. The summed E-state index contributed by atoms with van der Waals surface area (Å²) in [5.74, 6) is 2.31. The molecule has 34 heavy (non-hydrogen) atoms. The lowest BCUT2D eigenvalue weighted by Crippen LogP contribution is -2.38. The van der Waals surface area contributed by atoms with E-state index in [-0.39, 0.29) is 11.4 Å². The third-order valence-corrected chi connectivity index (χ3v) is 5.26. The maximum Gasteiger partial charge on any atom is 0.282 e. The smallest absolute Gasteiger partial charge is 0.282 e. The van der Waals surface area contributed by atoms with Crippen LogP contribution in [0.5, 0.6) is 17.2 Å². The molecule has 2 aromatic rings. The third-order valence-electron chi connectivity index (χ3n) is 5.26. The number of para-hydroxylation sites is 1. The van der Waals surface area contributed by atoms with Crippen molar-refractivity contribution in [3.05, 3.63) is 70.5 Å². The largest absolute Gasteiger partial charge is 0.490 e. The first-order valence-corrected chi connectivity index (χ1v) is 11.1. The number of rotatable bonds is 8. The number of aliphatic imine (C=N–C) groups is 1. The zero-order valence-electron chi connectivity index (χ0n) is 19.7. The minimum absolute atomic E-state index is 0.0648. The number of amides is 1. The van der Waals surface area contributed by atoms with Crippen LogP contribution in [0.4, 0.5) is 0 Å². The first kappa shape index (κ1) is 23.1. The Morgan fingerprint density at radius 1 is 1.03 bits per heavy atom. The highest BCUT2D eigenvalue weighted by molar-refractivity contribution is 6.32. The molecule has 1 amide bonds. The summed E-state index contributed by atoms with van der Waals surface area (Å²) < 4.78 is 17.6. The topological polar surface area (TPSA) is 93.4 Å². The second-order valence-electron chi connectivity index (χ2n) is 7.88. The number of amidine groups is 2. The lowest BCUT2D eigenvalue weighted by atomic mass is 10.1. The van der Waals surface area contributed by atoms with Crippen LogP contribution >= 0.6 is 0 Å². The Hall–Kier alpha value is -4.07. The molecule has 4 rings (SSSR count). The molecule has 0 saturated heterocycles. The molecule has 2 heterocycles. The van der Waals surface area contributed by atoms with Gasteiger partial charge in [-0.2, -0.15) is 4.99 Å². The average molecular weight is 462 g/mol. The molecule has 0 radical (unpaired) electrons. The Kier molecular flexibility index (Phi) is 6.67. The predicted molar refractivity (Wildman–Crippen MR) is 129 cm³/mol. The van der Waals surface area contributed by atoms with E-state index in [4.69, 9.17) is 24.5 Å². The van der Waals surface area contributed by atoms with Gasteiger partial charge in [0.2, 0.25) is 0 Å². The lowest BCUT2D eigenvalue weighted by molar-refractivity contribution is -0.114. The number of aryl methyl sites for hydroxylation is 2. The molecule has 0 fully saturated rings. The highest BCUT2D eigenvalue weighted by atomic mass is 16.7. The van der Waals surface area contributed by atoms with E-state index in [2.05, 4.69) is 4.99 Å². The lowest BCUT2D eigenvalue weighted by Gasteiger charge is -2.23. The van der Waals surface area contributed by atoms with Crippen molar-refractivity contribution in [2.75, 3.05) is 19.8 Å². The number of nitrogens with one attached hydrogen (secondary N) is 1. The summed E-state index contributed by atoms with van der Waals surface area (Å²) in [5, 5.41) is 9.60. The van der Waals surface area contributed by atoms with Crippen LogP contribution in [-0.2, 0) is 9.63 Å². The number of fused-ring (bicyclic) bond motifs is 1. The SMILES string of the molecule is CCOc1cc(/C=C2/C(=N)N3OC(C)=CC3=NC2=O)ccc1OCCOc1c(C)cccc1C. The van der Waals surface area contributed by atoms with E-state index in [9.17, 15) is 4.79 Å². The van der Waals surface area contributed by atoms with Crippen LogP contribution < -0.4 is 14.2 Å². The van der Waals surface area contributed by atoms with Crippen molar-refractivity contribution in [1.82, 2.24) is 5.06 Å². The Morgan fingerprint density at radius 2 is 1.76 bits per heavy atom. The molecular formula is C26H27N3O5. The number of hydrogen-bond donors (Lipinski definition) is 1. The monoisotopic (exact) mass is 461 g/mol. The summed E-state index contributed by atoms with van der Waals surface area (Å²) in [7, 11) is 0. The van der Waals surface area contributed by atoms with Crippen LogP contribution in [0.15, 0.2) is 58.8 Å². The molecule has 0 unspecified atom stereocenters. The van der Waals surface area contributed by atoms with Crippen LogP contribution in [0, 0.1) is 19.3 Å². The fraction of sp³-hybridized carbons (Fsp3) is 0.269. The number of ether oxygens (including phenoxy) is 3. The van der Waals surface area contributed by atoms with Crippen molar-refractivity contribution in [1.29, 1.82) is 5.41 Å². The zero-order chi connectivity index (χ0) is 24.2. The van der Waals surface area contributed by atoms with Gasteiger partial charge in [0.25, 0.3) is 5.91 Å². The molecule has 176 valence electrons. The highest BCUT2D eigenvalue weighted by Gasteiger charge is 2.34.